The fourth-order valence-electron chi connectivity index (χ4n) is 1.96. The Morgan fingerprint density at radius 3 is 2.78 bits per heavy atom. The summed E-state index contributed by atoms with van der Waals surface area (Å²) in [5.41, 5.74) is -0.986. The van der Waals surface area contributed by atoms with E-state index in [1.165, 1.54) is 11.3 Å². The molecule has 1 aliphatic heterocycles. The van der Waals surface area contributed by atoms with Crippen LogP contribution in [0.3, 0.4) is 0 Å². The standard InChI is InChI=1S/C10H10N4O3S/c15-7-6(8(16)17)5-11-9-14(7)12-10(18-9)13-3-1-2-4-13/h5H,1-4H2,(H,16,17). The molecule has 0 aromatic carbocycles. The van der Waals surface area contributed by atoms with Gasteiger partial charge < -0.3 is 10.0 Å². The molecule has 18 heavy (non-hydrogen) atoms. The molecule has 1 fully saturated rings. The molecular formula is C10H10N4O3S. The number of rotatable bonds is 2. The van der Waals surface area contributed by atoms with E-state index in [2.05, 4.69) is 15.0 Å². The molecule has 0 radical (unpaired) electrons. The molecule has 2 aromatic heterocycles. The molecular weight excluding hydrogens is 256 g/mol. The second-order valence-electron chi connectivity index (χ2n) is 4.06. The van der Waals surface area contributed by atoms with Gasteiger partial charge in [-0.15, -0.1) is 5.10 Å². The predicted octanol–water partition coefficient (Wildman–Crippen LogP) is 0.449. The van der Waals surface area contributed by atoms with Crippen LogP contribution < -0.4 is 10.5 Å². The lowest BCUT2D eigenvalue weighted by Gasteiger charge is -2.10. The molecule has 0 atom stereocenters. The number of aromatic nitrogens is 3. The molecule has 1 N–H and O–H groups in total. The van der Waals surface area contributed by atoms with Crippen LogP contribution in [0.1, 0.15) is 23.2 Å². The van der Waals surface area contributed by atoms with Crippen molar-refractivity contribution in [2.24, 2.45) is 0 Å². The van der Waals surface area contributed by atoms with Crippen LogP contribution in [0.25, 0.3) is 4.96 Å². The number of aromatic carboxylic acids is 1. The number of hydrogen-bond acceptors (Lipinski definition) is 6. The van der Waals surface area contributed by atoms with Gasteiger partial charge in [0.15, 0.2) is 0 Å². The van der Waals surface area contributed by atoms with Gasteiger partial charge in [-0.05, 0) is 12.8 Å². The van der Waals surface area contributed by atoms with Crippen LogP contribution in [0.15, 0.2) is 11.0 Å². The molecule has 0 amide bonds. The second-order valence-corrected chi connectivity index (χ2v) is 4.99. The summed E-state index contributed by atoms with van der Waals surface area (Å²) in [4.78, 5) is 29.2. The van der Waals surface area contributed by atoms with Crippen LogP contribution >= 0.6 is 11.3 Å². The highest BCUT2D eigenvalue weighted by molar-refractivity contribution is 7.20. The van der Waals surface area contributed by atoms with E-state index < -0.39 is 11.5 Å². The van der Waals surface area contributed by atoms with Crippen molar-refractivity contribution in [1.29, 1.82) is 0 Å². The van der Waals surface area contributed by atoms with Crippen molar-refractivity contribution in [3.8, 4) is 0 Å². The third kappa shape index (κ3) is 1.65. The number of carboxylic acids is 1. The summed E-state index contributed by atoms with van der Waals surface area (Å²) in [6.45, 7) is 1.83. The Morgan fingerprint density at radius 2 is 2.11 bits per heavy atom. The molecule has 0 aliphatic carbocycles. The van der Waals surface area contributed by atoms with E-state index in [4.69, 9.17) is 5.11 Å². The van der Waals surface area contributed by atoms with Crippen LogP contribution in [0.4, 0.5) is 5.13 Å². The quantitative estimate of drug-likeness (QED) is 0.849. The van der Waals surface area contributed by atoms with Crippen molar-refractivity contribution in [3.05, 3.63) is 22.1 Å². The van der Waals surface area contributed by atoms with Gasteiger partial charge in [0, 0.05) is 13.1 Å². The normalized spacial score (nSPS) is 15.4. The number of nitrogens with zero attached hydrogens (tertiary/aromatic N) is 4. The van der Waals surface area contributed by atoms with Gasteiger partial charge in [-0.25, -0.2) is 9.78 Å². The van der Waals surface area contributed by atoms with E-state index in [1.54, 1.807) is 0 Å². The van der Waals surface area contributed by atoms with E-state index in [0.717, 1.165) is 41.8 Å². The van der Waals surface area contributed by atoms with E-state index in [1.807, 2.05) is 0 Å². The van der Waals surface area contributed by atoms with E-state index in [-0.39, 0.29) is 5.56 Å². The molecule has 0 bridgehead atoms. The highest BCUT2D eigenvalue weighted by atomic mass is 32.1. The number of carboxylic acid groups (broad SMARTS) is 1. The predicted molar refractivity (Wildman–Crippen MR) is 65.5 cm³/mol. The maximum Gasteiger partial charge on any atom is 0.343 e. The molecule has 1 aliphatic rings. The number of anilines is 1. The zero-order valence-electron chi connectivity index (χ0n) is 9.37. The molecule has 2 aromatic rings. The maximum atomic E-state index is 11.9. The van der Waals surface area contributed by atoms with Gasteiger partial charge in [0.05, 0.1) is 6.20 Å². The van der Waals surface area contributed by atoms with Gasteiger partial charge in [-0.2, -0.15) is 4.52 Å². The van der Waals surface area contributed by atoms with E-state index in [0.29, 0.717) is 4.96 Å². The smallest absolute Gasteiger partial charge is 0.343 e. The average Bonchev–Trinajstić information content (AvgIpc) is 2.97. The van der Waals surface area contributed by atoms with E-state index in [9.17, 15) is 9.59 Å². The monoisotopic (exact) mass is 266 g/mol. The first-order valence-corrected chi connectivity index (χ1v) is 6.35. The summed E-state index contributed by atoms with van der Waals surface area (Å²) in [5, 5.41) is 13.7. The summed E-state index contributed by atoms with van der Waals surface area (Å²) in [7, 11) is 0. The third-order valence-electron chi connectivity index (χ3n) is 2.88. The SMILES string of the molecule is O=C(O)c1cnc2sc(N3CCCC3)nn2c1=O. The summed E-state index contributed by atoms with van der Waals surface area (Å²) in [5.74, 6) is -1.28. The first kappa shape index (κ1) is 11.1. The lowest BCUT2D eigenvalue weighted by molar-refractivity contribution is 0.0694. The second kappa shape index (κ2) is 4.05. The van der Waals surface area contributed by atoms with Gasteiger partial charge >= 0.3 is 5.97 Å². The average molecular weight is 266 g/mol. The van der Waals surface area contributed by atoms with Gasteiger partial charge in [0.1, 0.15) is 5.56 Å². The minimum absolute atomic E-state index is 0.356. The minimum atomic E-state index is -1.28. The van der Waals surface area contributed by atoms with Crippen LogP contribution in [0.5, 0.6) is 0 Å². The third-order valence-corrected chi connectivity index (χ3v) is 3.87. The Kier molecular flexibility index (Phi) is 2.51. The summed E-state index contributed by atoms with van der Waals surface area (Å²) in [6, 6.07) is 0. The number of fused-ring (bicyclic) bond motifs is 1. The van der Waals surface area contributed by atoms with Crippen molar-refractivity contribution >= 4 is 27.4 Å². The Labute approximate surface area is 105 Å². The van der Waals surface area contributed by atoms with Crippen LogP contribution in [-0.4, -0.2) is 38.8 Å². The Morgan fingerprint density at radius 1 is 1.39 bits per heavy atom. The highest BCUT2D eigenvalue weighted by Crippen LogP contribution is 2.24. The van der Waals surface area contributed by atoms with Crippen molar-refractivity contribution in [2.75, 3.05) is 18.0 Å². The van der Waals surface area contributed by atoms with Gasteiger partial charge in [-0.3, -0.25) is 4.79 Å². The molecule has 0 saturated carbocycles. The van der Waals surface area contributed by atoms with Crippen LogP contribution in [0.2, 0.25) is 0 Å². The highest BCUT2D eigenvalue weighted by Gasteiger charge is 2.19. The molecule has 7 nitrogen and oxygen atoms in total. The fourth-order valence-corrected chi connectivity index (χ4v) is 2.87. The number of hydrogen-bond donors (Lipinski definition) is 1. The first-order chi connectivity index (χ1) is 8.66. The zero-order valence-corrected chi connectivity index (χ0v) is 10.2. The van der Waals surface area contributed by atoms with Gasteiger partial charge in [-0.1, -0.05) is 11.3 Å². The molecule has 1 saturated heterocycles. The largest absolute Gasteiger partial charge is 0.477 e. The first-order valence-electron chi connectivity index (χ1n) is 5.54. The van der Waals surface area contributed by atoms with Crippen molar-refractivity contribution in [1.82, 2.24) is 14.6 Å². The van der Waals surface area contributed by atoms with E-state index >= 15 is 0 Å². The molecule has 3 rings (SSSR count). The number of carbonyl (C=O) groups is 1. The van der Waals surface area contributed by atoms with Crippen molar-refractivity contribution < 1.29 is 9.90 Å². The molecule has 3 heterocycles. The van der Waals surface area contributed by atoms with Gasteiger partial charge in [0.2, 0.25) is 10.1 Å². The summed E-state index contributed by atoms with van der Waals surface area (Å²) >= 11 is 1.30. The zero-order chi connectivity index (χ0) is 12.7. The van der Waals surface area contributed by atoms with Crippen LogP contribution in [0, 0.1) is 0 Å². The molecule has 94 valence electrons. The van der Waals surface area contributed by atoms with Crippen molar-refractivity contribution in [2.45, 2.75) is 12.8 Å². The molecule has 0 unspecified atom stereocenters. The minimum Gasteiger partial charge on any atom is -0.477 e. The Bertz CT molecular complexity index is 671. The topological polar surface area (TPSA) is 87.8 Å². The lowest BCUT2D eigenvalue weighted by Crippen LogP contribution is -2.23. The summed E-state index contributed by atoms with van der Waals surface area (Å²) < 4.78 is 1.07. The molecule has 0 spiro atoms. The Balaban J connectivity index is 2.14. The van der Waals surface area contributed by atoms with Crippen molar-refractivity contribution in [3.63, 3.8) is 0 Å². The molecule has 8 heteroatoms. The van der Waals surface area contributed by atoms with Crippen LogP contribution in [-0.2, 0) is 0 Å². The maximum absolute atomic E-state index is 11.9. The lowest BCUT2D eigenvalue weighted by atomic mass is 10.3. The fraction of sp³-hybridized carbons (Fsp3) is 0.400. The Hall–Kier alpha value is -1.96. The van der Waals surface area contributed by atoms with Gasteiger partial charge in [0.25, 0.3) is 5.56 Å². The summed E-state index contributed by atoms with van der Waals surface area (Å²) in [6.07, 6.45) is 3.31.